The molecule has 0 amide bonds. The number of ketones is 1. The van der Waals surface area contributed by atoms with E-state index in [4.69, 9.17) is 16.3 Å². The molecule has 9 atom stereocenters. The number of aromatic nitrogens is 1. The van der Waals surface area contributed by atoms with Crippen LogP contribution in [0.15, 0.2) is 29.5 Å². The van der Waals surface area contributed by atoms with E-state index < -0.39 is 34.4 Å². The number of carboxylic acids is 1. The minimum Gasteiger partial charge on any atom is -0.481 e. The number of carboxylic acid groups (broad SMARTS) is 1. The molecule has 0 aromatic carbocycles. The van der Waals surface area contributed by atoms with E-state index >= 15 is 0 Å². The number of nitrogens with zero attached hydrogens (tertiary/aromatic N) is 1. The van der Waals surface area contributed by atoms with E-state index in [2.05, 4.69) is 72.6 Å². The van der Waals surface area contributed by atoms with Crippen molar-refractivity contribution in [2.75, 3.05) is 6.54 Å². The lowest BCUT2D eigenvalue weighted by molar-refractivity contribution is -0.235. The molecule has 300 valence electrons. The first kappa shape index (κ1) is 41.3. The summed E-state index contributed by atoms with van der Waals surface area (Å²) >= 11 is 6.13. The van der Waals surface area contributed by atoms with Crippen molar-refractivity contribution < 1.29 is 29.3 Å². The van der Waals surface area contributed by atoms with E-state index in [0.717, 1.165) is 62.6 Å². The zero-order valence-electron chi connectivity index (χ0n) is 34.8. The summed E-state index contributed by atoms with van der Waals surface area (Å²) in [5.74, 6) is -0.0675. The number of esters is 1. The molecule has 1 aromatic rings. The molecule has 0 unspecified atom stereocenters. The maximum Gasteiger partial charge on any atom is 0.309 e. The van der Waals surface area contributed by atoms with Gasteiger partial charge in [-0.1, -0.05) is 65.6 Å². The zero-order valence-corrected chi connectivity index (χ0v) is 35.6. The highest BCUT2D eigenvalue weighted by Crippen LogP contribution is 2.77. The van der Waals surface area contributed by atoms with Gasteiger partial charge in [0.15, 0.2) is 5.78 Å². The number of fused-ring (bicyclic) bond motifs is 7. The molecule has 1 aromatic heterocycles. The van der Waals surface area contributed by atoms with Gasteiger partial charge in [0.25, 0.3) is 0 Å². The number of nitrogens with one attached hydrogen (secondary N) is 1. The van der Waals surface area contributed by atoms with E-state index in [0.29, 0.717) is 29.8 Å². The molecule has 4 saturated carbocycles. The number of hydrogen-bond donors (Lipinski definition) is 3. The number of carbonyl (C=O) groups excluding carboxylic acids is 2. The first-order valence-electron chi connectivity index (χ1n) is 20.6. The maximum absolute atomic E-state index is 14.1. The predicted octanol–water partition coefficient (Wildman–Crippen LogP) is 9.31. The summed E-state index contributed by atoms with van der Waals surface area (Å²) in [6, 6.07) is 3.76. The number of allylic oxidation sites excluding steroid dienone is 1. The van der Waals surface area contributed by atoms with E-state index in [9.17, 15) is 24.6 Å². The van der Waals surface area contributed by atoms with Gasteiger partial charge in [0.1, 0.15) is 6.10 Å². The lowest BCUT2D eigenvalue weighted by Gasteiger charge is -2.72. The average Bonchev–Trinajstić information content (AvgIpc) is 3.38. The van der Waals surface area contributed by atoms with Crippen molar-refractivity contribution in [3.63, 3.8) is 0 Å². The molecular formula is C45H67ClN2O6. The second-order valence-corrected chi connectivity index (χ2v) is 21.4. The Morgan fingerprint density at radius 1 is 0.963 bits per heavy atom. The molecular weight excluding hydrogens is 700 g/mol. The molecule has 0 bridgehead atoms. The number of Topliss-reactive ketones (excluding diaryl/α,β-unsaturated/α-hetero) is 1. The van der Waals surface area contributed by atoms with Gasteiger partial charge in [-0.05, 0) is 137 Å². The number of aliphatic hydroxyl groups is 1. The van der Waals surface area contributed by atoms with Gasteiger partial charge in [0.05, 0.1) is 34.2 Å². The van der Waals surface area contributed by atoms with Crippen molar-refractivity contribution >= 4 is 29.3 Å². The fraction of sp³-hybridized carbons (Fsp3) is 0.778. The predicted molar refractivity (Wildman–Crippen MR) is 212 cm³/mol. The summed E-state index contributed by atoms with van der Waals surface area (Å²) in [5.41, 5.74) is 0.618. The lowest BCUT2D eigenvalue weighted by Crippen LogP contribution is -2.66. The summed E-state index contributed by atoms with van der Waals surface area (Å²) < 4.78 is 6.17. The molecule has 0 saturated heterocycles. The molecule has 5 aliphatic carbocycles. The van der Waals surface area contributed by atoms with Crippen LogP contribution in [0.2, 0.25) is 5.02 Å². The van der Waals surface area contributed by atoms with Gasteiger partial charge in [0, 0.05) is 30.0 Å². The molecule has 6 rings (SSSR count). The molecule has 4 fully saturated rings. The summed E-state index contributed by atoms with van der Waals surface area (Å²) in [7, 11) is 0. The Morgan fingerprint density at radius 2 is 1.65 bits per heavy atom. The minimum absolute atomic E-state index is 0.0323. The third kappa shape index (κ3) is 6.31. The van der Waals surface area contributed by atoms with Crippen molar-refractivity contribution in [2.45, 2.75) is 158 Å². The van der Waals surface area contributed by atoms with Crippen LogP contribution in [-0.2, 0) is 24.7 Å². The number of pyridine rings is 1. The SMILES string of the molecule is CC(C)C1=C2[C@H]3CC[C@@H]4[C@@]5(C)CC[C@H](OC(=O)CC(C)(C)C(=O)O)C(C)(C)[C@H]5CC[C@@]4(C)[C@]3(C)CC[C@@]2([C@H](O)CNC(C)(C)c2ccc(Cl)cn2)CC1=O. The average molecular weight is 767 g/mol. The fourth-order valence-corrected chi connectivity index (χ4v) is 13.4. The number of rotatable bonds is 10. The Morgan fingerprint density at radius 3 is 2.26 bits per heavy atom. The van der Waals surface area contributed by atoms with Crippen LogP contribution in [0.5, 0.6) is 0 Å². The van der Waals surface area contributed by atoms with Gasteiger partial charge in [0.2, 0.25) is 0 Å². The van der Waals surface area contributed by atoms with Crippen LogP contribution in [-0.4, -0.2) is 51.7 Å². The molecule has 0 aliphatic heterocycles. The minimum atomic E-state index is -1.17. The normalized spacial score (nSPS) is 36.9. The number of carbonyl (C=O) groups is 3. The molecule has 0 radical (unpaired) electrons. The van der Waals surface area contributed by atoms with E-state index in [-0.39, 0.29) is 51.8 Å². The third-order valence-electron chi connectivity index (χ3n) is 16.6. The number of ether oxygens (including phenoxy) is 1. The highest BCUT2D eigenvalue weighted by atomic mass is 35.5. The van der Waals surface area contributed by atoms with Crippen molar-refractivity contribution in [3.05, 3.63) is 40.2 Å². The van der Waals surface area contributed by atoms with Crippen molar-refractivity contribution in [1.29, 1.82) is 0 Å². The van der Waals surface area contributed by atoms with Gasteiger partial charge >= 0.3 is 11.9 Å². The van der Waals surface area contributed by atoms with Crippen molar-refractivity contribution in [3.8, 4) is 0 Å². The largest absolute Gasteiger partial charge is 0.481 e. The zero-order chi connectivity index (χ0) is 40.0. The van der Waals surface area contributed by atoms with Crippen LogP contribution >= 0.6 is 11.6 Å². The van der Waals surface area contributed by atoms with Gasteiger partial charge in [-0.2, -0.15) is 0 Å². The fourth-order valence-electron chi connectivity index (χ4n) is 13.3. The monoisotopic (exact) mass is 766 g/mol. The standard InChI is InChI=1S/C45H67ClN2O6/c1-26(2)36-29(49)22-45(33(50)25-48-41(7,8)32-15-12-27(46)24-47-32)21-20-43(10)28(37(36)45)13-14-31-42(9)18-17-34(54-35(51)23-39(3,4)38(52)53)40(5,6)30(42)16-19-44(31,43)11/h12,15,24,26,28,30-31,33-34,48,50H,13-14,16-23,25H2,1-11H3,(H,52,53)/t28-,30-,31-,33-,34+,42+,43-,44-,45+/m1/s1. The summed E-state index contributed by atoms with van der Waals surface area (Å²) in [5, 5.41) is 26.2. The van der Waals surface area contributed by atoms with Crippen LogP contribution in [0.4, 0.5) is 0 Å². The van der Waals surface area contributed by atoms with Crippen LogP contribution in [0.3, 0.4) is 0 Å². The van der Waals surface area contributed by atoms with Gasteiger partial charge in [-0.3, -0.25) is 19.4 Å². The number of aliphatic hydroxyl groups excluding tert-OH is 1. The molecule has 1 heterocycles. The van der Waals surface area contributed by atoms with Crippen molar-refractivity contribution in [1.82, 2.24) is 10.3 Å². The summed E-state index contributed by atoms with van der Waals surface area (Å²) in [4.78, 5) is 43.6. The van der Waals surface area contributed by atoms with Gasteiger partial charge in [-0.15, -0.1) is 0 Å². The van der Waals surface area contributed by atoms with E-state index in [1.807, 2.05) is 12.1 Å². The van der Waals surface area contributed by atoms with Crippen LogP contribution < -0.4 is 5.32 Å². The number of aliphatic carboxylic acids is 1. The number of halogens is 1. The van der Waals surface area contributed by atoms with Gasteiger partial charge < -0.3 is 20.3 Å². The van der Waals surface area contributed by atoms with Crippen LogP contribution in [0.25, 0.3) is 0 Å². The summed E-state index contributed by atoms with van der Waals surface area (Å²) in [6.45, 7) is 24.1. The summed E-state index contributed by atoms with van der Waals surface area (Å²) in [6.07, 6.45) is 8.59. The number of hydrogen-bond acceptors (Lipinski definition) is 7. The van der Waals surface area contributed by atoms with E-state index in [1.54, 1.807) is 20.0 Å². The molecule has 8 nitrogen and oxygen atoms in total. The van der Waals surface area contributed by atoms with Gasteiger partial charge in [-0.25, -0.2) is 0 Å². The maximum atomic E-state index is 14.1. The Hall–Kier alpha value is -2.29. The van der Waals surface area contributed by atoms with Crippen LogP contribution in [0.1, 0.15) is 146 Å². The highest BCUT2D eigenvalue weighted by Gasteiger charge is 2.70. The third-order valence-corrected chi connectivity index (χ3v) is 16.8. The first-order valence-corrected chi connectivity index (χ1v) is 21.0. The molecule has 9 heteroatoms. The smallest absolute Gasteiger partial charge is 0.309 e. The Balaban J connectivity index is 1.27. The molecule has 54 heavy (non-hydrogen) atoms. The molecule has 0 spiro atoms. The quantitative estimate of drug-likeness (QED) is 0.201. The molecule has 5 aliphatic rings. The van der Waals surface area contributed by atoms with E-state index in [1.165, 1.54) is 5.57 Å². The topological polar surface area (TPSA) is 126 Å². The van der Waals surface area contributed by atoms with Crippen LogP contribution in [0, 0.1) is 56.2 Å². The first-order chi connectivity index (χ1) is 24.9. The highest BCUT2D eigenvalue weighted by molar-refractivity contribution is 6.30. The second kappa shape index (κ2) is 13.7. The lowest BCUT2D eigenvalue weighted by atomic mass is 9.33. The Labute approximate surface area is 329 Å². The Bertz CT molecular complexity index is 1700. The molecule has 3 N–H and O–H groups in total. The Kier molecular flexibility index (Phi) is 10.5. The van der Waals surface area contributed by atoms with Crippen molar-refractivity contribution in [2.24, 2.45) is 56.2 Å². The second-order valence-electron chi connectivity index (χ2n) is 20.9.